The van der Waals surface area contributed by atoms with Crippen LogP contribution in [0.4, 0.5) is 0 Å². The molecular formula is C42H72O36. The van der Waals surface area contributed by atoms with Crippen LogP contribution in [-0.4, -0.2) is 379 Å². The molecule has 7 rings (SSSR count). The lowest BCUT2D eigenvalue weighted by molar-refractivity contribution is -0.403. The Labute approximate surface area is 439 Å². The molecule has 0 aliphatic carbocycles. The molecule has 0 aromatic rings. The maximum absolute atomic E-state index is 11.5. The Hall–Kier alpha value is -1.44. The summed E-state index contributed by atoms with van der Waals surface area (Å²) in [4.78, 5) is 0. The molecule has 36 nitrogen and oxygen atoms in total. The van der Waals surface area contributed by atoms with Crippen LogP contribution in [0.5, 0.6) is 0 Å². The maximum atomic E-state index is 11.5. The van der Waals surface area contributed by atoms with E-state index < -0.39 is 261 Å². The van der Waals surface area contributed by atoms with E-state index in [1.165, 1.54) is 0 Å². The first-order valence-electron chi connectivity index (χ1n) is 24.7. The van der Waals surface area contributed by atoms with Gasteiger partial charge in [-0.3, -0.25) is 0 Å². The summed E-state index contributed by atoms with van der Waals surface area (Å²) in [6, 6.07) is 0. The molecule has 0 spiro atoms. The van der Waals surface area contributed by atoms with Crippen molar-refractivity contribution in [3.05, 3.63) is 0 Å². The largest absolute Gasteiger partial charge is 0.394 e. The van der Waals surface area contributed by atoms with Crippen molar-refractivity contribution in [1.82, 2.24) is 0 Å². The van der Waals surface area contributed by atoms with Crippen LogP contribution >= 0.6 is 0 Å². The van der Waals surface area contributed by atoms with Crippen LogP contribution < -0.4 is 0 Å². The first-order chi connectivity index (χ1) is 37.0. The van der Waals surface area contributed by atoms with Crippen molar-refractivity contribution in [2.75, 3.05) is 46.2 Å². The summed E-state index contributed by atoms with van der Waals surface area (Å²) in [6.07, 6.45) is -69.5. The molecule has 36 heteroatoms. The molecule has 0 aromatic heterocycles. The van der Waals surface area contributed by atoms with Crippen LogP contribution in [0.15, 0.2) is 0 Å². The van der Waals surface area contributed by atoms with E-state index in [4.69, 9.17) is 61.6 Å². The van der Waals surface area contributed by atoms with Crippen molar-refractivity contribution in [3.8, 4) is 0 Å². The van der Waals surface area contributed by atoms with Crippen molar-refractivity contribution < 1.29 is 179 Å². The highest BCUT2D eigenvalue weighted by Crippen LogP contribution is 2.37. The minimum absolute atomic E-state index is 0.901. The monoisotopic (exact) mass is 1150 g/mol. The highest BCUT2D eigenvalue weighted by molar-refractivity contribution is 5.00. The van der Waals surface area contributed by atoms with Gasteiger partial charge in [0.05, 0.1) is 46.2 Å². The van der Waals surface area contributed by atoms with E-state index in [0.29, 0.717) is 0 Å². The molecule has 7 fully saturated rings. The highest BCUT2D eigenvalue weighted by atomic mass is 16.8. The van der Waals surface area contributed by atoms with Gasteiger partial charge in [-0.1, -0.05) is 0 Å². The van der Waals surface area contributed by atoms with Gasteiger partial charge in [-0.15, -0.1) is 0 Å². The molecule has 0 unspecified atom stereocenters. The number of aliphatic hydroxyl groups is 23. The number of hydrogen-bond acceptors (Lipinski definition) is 36. The van der Waals surface area contributed by atoms with E-state index in [0.717, 1.165) is 0 Å². The van der Waals surface area contributed by atoms with E-state index in [9.17, 15) is 117 Å². The fraction of sp³-hybridized carbons (Fsp3) is 1.00. The van der Waals surface area contributed by atoms with Gasteiger partial charge >= 0.3 is 0 Å². The molecule has 0 bridgehead atoms. The van der Waals surface area contributed by atoms with Gasteiger partial charge in [-0.05, 0) is 0 Å². The molecule has 0 radical (unpaired) electrons. The normalized spacial score (nSPS) is 53.5. The standard InChI is InChI=1S/C42H72O36/c43-1-8-15(49)22(56)28(62)37(68-8)74-31-21(55)13(6-48)70-39(30(31)64)77-35-27(61)19(53)12(5-47)73-42(35)78-33-25(59)17(51)10(3-45)71-40(33)66-7-14-20(54)24(58)32(36(65)67-14)75-41-34(26(60)18(52)11(4-46)72-41)76-38-29(63)23(57)16(50)9(2-44)69-38/h8-65H,1-7H2/t8-,9-,10-,11-,12-,13-,14-,15-,16-,17-,18-,19-,20-,21-,22+,23+,24+,25+,26+,27+,28+,29+,30+,31+,32+,33+,34+,35+,36+,37-,38-,39-,40+,41-,42-/m1/s1. The molecule has 78 heavy (non-hydrogen) atoms. The van der Waals surface area contributed by atoms with E-state index in [1.807, 2.05) is 0 Å². The fourth-order valence-corrected chi connectivity index (χ4v) is 9.81. The summed E-state index contributed by atoms with van der Waals surface area (Å²) in [5.41, 5.74) is 0. The van der Waals surface area contributed by atoms with Crippen molar-refractivity contribution in [2.45, 2.75) is 215 Å². The van der Waals surface area contributed by atoms with Gasteiger partial charge in [-0.2, -0.15) is 0 Å². The van der Waals surface area contributed by atoms with Gasteiger partial charge in [0.15, 0.2) is 44.0 Å². The zero-order valence-corrected chi connectivity index (χ0v) is 40.8. The molecule has 7 heterocycles. The van der Waals surface area contributed by atoms with Gasteiger partial charge < -0.3 is 179 Å². The highest BCUT2D eigenvalue weighted by Gasteiger charge is 2.58. The average Bonchev–Trinajstić information content (AvgIpc) is 3.56. The van der Waals surface area contributed by atoms with E-state index in [1.54, 1.807) is 0 Å². The van der Waals surface area contributed by atoms with Crippen LogP contribution in [0, 0.1) is 0 Å². The van der Waals surface area contributed by atoms with E-state index in [2.05, 4.69) is 0 Å². The van der Waals surface area contributed by atoms with Gasteiger partial charge in [0, 0.05) is 0 Å². The lowest BCUT2D eigenvalue weighted by Crippen LogP contribution is -2.68. The Balaban J connectivity index is 1.06. The van der Waals surface area contributed by atoms with Gasteiger partial charge in [0.1, 0.15) is 171 Å². The molecular weight excluding hydrogens is 1080 g/mol. The third kappa shape index (κ3) is 13.1. The third-order valence-electron chi connectivity index (χ3n) is 14.5. The van der Waals surface area contributed by atoms with Crippen LogP contribution in [0.3, 0.4) is 0 Å². The summed E-state index contributed by atoms with van der Waals surface area (Å²) in [6.45, 7) is -6.81. The van der Waals surface area contributed by atoms with Crippen molar-refractivity contribution in [3.63, 3.8) is 0 Å². The second kappa shape index (κ2) is 27.5. The molecule has 7 aliphatic rings. The minimum Gasteiger partial charge on any atom is -0.394 e. The molecule has 35 atom stereocenters. The van der Waals surface area contributed by atoms with Crippen molar-refractivity contribution in [2.24, 2.45) is 0 Å². The zero-order chi connectivity index (χ0) is 57.3. The lowest BCUT2D eigenvalue weighted by atomic mass is 9.95. The predicted octanol–water partition coefficient (Wildman–Crippen LogP) is -16.3. The Morgan fingerprint density at radius 2 is 0.487 bits per heavy atom. The lowest BCUT2D eigenvalue weighted by Gasteiger charge is -2.49. The molecule has 7 saturated heterocycles. The van der Waals surface area contributed by atoms with Crippen LogP contribution in [0.1, 0.15) is 0 Å². The average molecular weight is 1150 g/mol. The fourth-order valence-electron chi connectivity index (χ4n) is 9.81. The second-order valence-electron chi connectivity index (χ2n) is 19.6. The minimum atomic E-state index is -2.30. The van der Waals surface area contributed by atoms with E-state index in [-0.39, 0.29) is 0 Å². The molecule has 456 valence electrons. The van der Waals surface area contributed by atoms with Crippen molar-refractivity contribution in [1.29, 1.82) is 0 Å². The Morgan fingerprint density at radius 3 is 0.885 bits per heavy atom. The van der Waals surface area contributed by atoms with Crippen molar-refractivity contribution >= 4 is 0 Å². The van der Waals surface area contributed by atoms with Gasteiger partial charge in [-0.25, -0.2) is 0 Å². The Bertz CT molecular complexity index is 1820. The maximum Gasteiger partial charge on any atom is 0.187 e. The summed E-state index contributed by atoms with van der Waals surface area (Å²) in [7, 11) is 0. The Kier molecular flexibility index (Phi) is 22.6. The SMILES string of the molecule is OC[C@H]1O[C@H](O[C@@H]2[C@H](O)[C@@H](O[C@@H]3[C@@H](O[C@@H]4[C@@H](OC[C@H]5O[C@H](O)[C@@H](O[C@H]6O[C@H](CO)[C@@H](O)[C@H](O)[C@@H]6O[C@H]6O[C@H](CO)[C@@H](O)[C@H](O)[C@@H]6O)[C@@H](O)[C@@H]5O)O[C@H](CO)[C@@H](O)[C@@H]4O)O[C@H](CO)[C@@H](O)[C@@H]3O)O[C@H](CO)[C@H]2O)[C@@H](O)[C@@H](O)[C@@H]1O. The zero-order valence-electron chi connectivity index (χ0n) is 40.8. The summed E-state index contributed by atoms with van der Waals surface area (Å²) >= 11 is 0. The number of rotatable bonds is 19. The summed E-state index contributed by atoms with van der Waals surface area (Å²) in [5.74, 6) is 0. The number of ether oxygens (including phenoxy) is 13. The quantitative estimate of drug-likeness (QED) is 0.0571. The molecule has 23 N–H and O–H groups in total. The van der Waals surface area contributed by atoms with Crippen LogP contribution in [0.25, 0.3) is 0 Å². The van der Waals surface area contributed by atoms with E-state index >= 15 is 0 Å². The molecule has 0 saturated carbocycles. The molecule has 0 amide bonds. The molecule has 7 aliphatic heterocycles. The first kappa shape index (κ1) is 64.1. The van der Waals surface area contributed by atoms with Crippen LogP contribution in [-0.2, 0) is 61.6 Å². The Morgan fingerprint density at radius 1 is 0.218 bits per heavy atom. The summed E-state index contributed by atoms with van der Waals surface area (Å²) in [5, 5.41) is 244. The van der Waals surface area contributed by atoms with Gasteiger partial charge in [0.2, 0.25) is 0 Å². The predicted molar refractivity (Wildman–Crippen MR) is 232 cm³/mol. The second-order valence-corrected chi connectivity index (χ2v) is 19.6. The van der Waals surface area contributed by atoms with Crippen LogP contribution in [0.2, 0.25) is 0 Å². The van der Waals surface area contributed by atoms with Gasteiger partial charge in [0.25, 0.3) is 0 Å². The third-order valence-corrected chi connectivity index (χ3v) is 14.5. The number of hydrogen-bond donors (Lipinski definition) is 23. The topological polar surface area (TPSA) is 585 Å². The first-order valence-corrected chi connectivity index (χ1v) is 24.7. The molecule has 0 aromatic carbocycles. The summed E-state index contributed by atoms with van der Waals surface area (Å²) < 4.78 is 72.9. The number of aliphatic hydroxyl groups excluding tert-OH is 23. The smallest absolute Gasteiger partial charge is 0.187 e.